The van der Waals surface area contributed by atoms with Gasteiger partial charge in [-0.1, -0.05) is 25.1 Å². The van der Waals surface area contributed by atoms with E-state index in [1.165, 1.54) is 54.8 Å². The van der Waals surface area contributed by atoms with Gasteiger partial charge in [-0.15, -0.1) is 11.3 Å². The number of benzene rings is 2. The predicted molar refractivity (Wildman–Crippen MR) is 132 cm³/mol. The van der Waals surface area contributed by atoms with Gasteiger partial charge in [-0.25, -0.2) is 22.9 Å². The minimum atomic E-state index is -4.43. The fourth-order valence-corrected chi connectivity index (χ4v) is 5.99. The smallest absolute Gasteiger partial charge is 0.337 e. The van der Waals surface area contributed by atoms with Crippen molar-refractivity contribution in [1.29, 1.82) is 0 Å². The Morgan fingerprint density at radius 1 is 1.17 bits per heavy atom. The molecule has 0 saturated carbocycles. The van der Waals surface area contributed by atoms with Crippen LogP contribution in [0, 0.1) is 0 Å². The molecule has 0 aliphatic carbocycles. The number of nitrogens with one attached hydrogen (secondary N) is 1. The van der Waals surface area contributed by atoms with Crippen LogP contribution in [0.4, 0.5) is 5.69 Å². The molecule has 188 valence electrons. The normalized spacial score (nSPS) is 12.9. The van der Waals surface area contributed by atoms with E-state index in [2.05, 4.69) is 14.4 Å². The molecule has 0 aliphatic rings. The van der Waals surface area contributed by atoms with Crippen LogP contribution in [0.1, 0.15) is 45.2 Å². The largest absolute Gasteiger partial charge is 0.465 e. The molecule has 0 spiro atoms. The molecule has 3 aromatic rings. The molecule has 4 N–H and O–H groups in total. The minimum absolute atomic E-state index is 0.0914. The molecule has 1 atom stereocenters. The van der Waals surface area contributed by atoms with E-state index < -0.39 is 32.2 Å². The maximum Gasteiger partial charge on any atom is 0.337 e. The highest BCUT2D eigenvalue weighted by Crippen LogP contribution is 2.27. The van der Waals surface area contributed by atoms with Crippen molar-refractivity contribution >= 4 is 43.1 Å². The highest BCUT2D eigenvalue weighted by Gasteiger charge is 2.24. The Morgan fingerprint density at radius 3 is 2.40 bits per heavy atom. The van der Waals surface area contributed by atoms with Crippen LogP contribution in [0.3, 0.4) is 0 Å². The molecule has 0 bridgehead atoms. The number of thiazole rings is 1. The van der Waals surface area contributed by atoms with Crippen LogP contribution in [0.15, 0.2) is 52.7 Å². The fourth-order valence-electron chi connectivity index (χ4n) is 3.33. The first-order chi connectivity index (χ1) is 16.4. The summed E-state index contributed by atoms with van der Waals surface area (Å²) >= 11 is 1.40. The summed E-state index contributed by atoms with van der Waals surface area (Å²) in [5.41, 5.74) is 7.86. The average Bonchev–Trinajstić information content (AvgIpc) is 3.28. The lowest BCUT2D eigenvalue weighted by atomic mass is 10.0. The number of nitrogen functional groups attached to an aromatic ring is 1. The maximum absolute atomic E-state index is 13.0. The van der Waals surface area contributed by atoms with Crippen LogP contribution in [0.2, 0.25) is 0 Å². The third-order valence-corrected chi connectivity index (χ3v) is 8.34. The first-order valence-corrected chi connectivity index (χ1v) is 14.4. The third kappa shape index (κ3) is 7.08. The van der Waals surface area contributed by atoms with Crippen molar-refractivity contribution in [3.05, 3.63) is 75.2 Å². The topological polar surface area (TPSA) is 166 Å². The number of nitrogens with two attached hydrogens (primary N) is 1. The van der Waals surface area contributed by atoms with Crippen LogP contribution < -0.4 is 10.5 Å². The quantitative estimate of drug-likeness (QED) is 0.199. The first-order valence-electron chi connectivity index (χ1n) is 10.4. The lowest BCUT2D eigenvalue weighted by Crippen LogP contribution is -2.31. The molecule has 0 amide bonds. The predicted octanol–water partition coefficient (Wildman–Crippen LogP) is 2.72. The van der Waals surface area contributed by atoms with Gasteiger partial charge in [-0.3, -0.25) is 4.55 Å². The molecule has 10 nitrogen and oxygen atoms in total. The van der Waals surface area contributed by atoms with Crippen molar-refractivity contribution in [1.82, 2.24) is 9.71 Å². The molecule has 3 rings (SSSR count). The van der Waals surface area contributed by atoms with Crippen molar-refractivity contribution in [2.45, 2.75) is 36.5 Å². The van der Waals surface area contributed by atoms with Gasteiger partial charge in [0.1, 0.15) is 0 Å². The van der Waals surface area contributed by atoms with Crippen molar-refractivity contribution in [2.24, 2.45) is 0 Å². The molecule has 2 aromatic carbocycles. The van der Waals surface area contributed by atoms with E-state index in [4.69, 9.17) is 5.73 Å². The van der Waals surface area contributed by atoms with Gasteiger partial charge in [0.2, 0.25) is 10.0 Å². The molecule has 1 aromatic heterocycles. The molecule has 35 heavy (non-hydrogen) atoms. The molecule has 13 heteroatoms. The second kappa shape index (κ2) is 10.8. The number of hydrogen-bond donors (Lipinski definition) is 3. The van der Waals surface area contributed by atoms with Gasteiger partial charge in [0.05, 0.1) is 40.1 Å². The molecule has 0 radical (unpaired) electrons. The molecule has 0 unspecified atom stereocenters. The zero-order valence-electron chi connectivity index (χ0n) is 19.0. The standard InChI is InChI=1S/C22H25N3O7S3/c1-3-21-24-20(12-33-21)19(10-16-8-9-17(11-18(16)23)35(29,30)31)25-34(27,28)13-14-4-6-15(7-5-14)22(26)32-2/h4-9,11-12,19,25H,3,10,13,23H2,1-2H3,(H,29,30,31)/t19-/m0/s1. The molecule has 1 heterocycles. The summed E-state index contributed by atoms with van der Waals surface area (Å²) in [5, 5.41) is 2.59. The van der Waals surface area contributed by atoms with E-state index in [-0.39, 0.29) is 22.8 Å². The summed E-state index contributed by atoms with van der Waals surface area (Å²) in [6, 6.07) is 9.02. The molecule has 0 fully saturated rings. The molecular weight excluding hydrogens is 514 g/mol. The minimum Gasteiger partial charge on any atom is -0.465 e. The Balaban J connectivity index is 1.86. The number of methoxy groups -OCH3 is 1. The third-order valence-electron chi connectivity index (χ3n) is 5.12. The van der Waals surface area contributed by atoms with Gasteiger partial charge in [0.15, 0.2) is 0 Å². The van der Waals surface area contributed by atoms with E-state index in [1.54, 1.807) is 5.38 Å². The van der Waals surface area contributed by atoms with Crippen LogP contribution in [-0.4, -0.2) is 39.5 Å². The number of carbonyl (C=O) groups excluding carboxylic acids is 1. The molecule has 0 saturated heterocycles. The van der Waals surface area contributed by atoms with Gasteiger partial charge >= 0.3 is 5.97 Å². The van der Waals surface area contributed by atoms with Crippen molar-refractivity contribution in [2.75, 3.05) is 12.8 Å². The van der Waals surface area contributed by atoms with Gasteiger partial charge in [0, 0.05) is 11.1 Å². The lowest BCUT2D eigenvalue weighted by Gasteiger charge is -2.19. The van der Waals surface area contributed by atoms with E-state index in [1.807, 2.05) is 6.92 Å². The highest BCUT2D eigenvalue weighted by atomic mass is 32.2. The van der Waals surface area contributed by atoms with Crippen LogP contribution in [0.25, 0.3) is 0 Å². The van der Waals surface area contributed by atoms with Crippen LogP contribution in [-0.2, 0) is 43.5 Å². The van der Waals surface area contributed by atoms with Crippen molar-refractivity contribution in [3.63, 3.8) is 0 Å². The Labute approximate surface area is 208 Å². The summed E-state index contributed by atoms with van der Waals surface area (Å²) in [4.78, 5) is 15.8. The second-order valence-corrected chi connectivity index (χ2v) is 11.8. The number of anilines is 1. The Bertz CT molecular complexity index is 1420. The van der Waals surface area contributed by atoms with Crippen LogP contribution >= 0.6 is 11.3 Å². The van der Waals surface area contributed by atoms with Gasteiger partial charge in [0.25, 0.3) is 10.1 Å². The number of hydrogen-bond acceptors (Lipinski definition) is 9. The van der Waals surface area contributed by atoms with Crippen molar-refractivity contribution in [3.8, 4) is 0 Å². The number of carbonyl (C=O) groups is 1. The van der Waals surface area contributed by atoms with E-state index >= 15 is 0 Å². The second-order valence-electron chi connectivity index (χ2n) is 7.68. The zero-order chi connectivity index (χ0) is 25.8. The van der Waals surface area contributed by atoms with E-state index in [0.29, 0.717) is 28.8 Å². The summed E-state index contributed by atoms with van der Waals surface area (Å²) in [6.45, 7) is 1.94. The Kier molecular flexibility index (Phi) is 8.28. The summed E-state index contributed by atoms with van der Waals surface area (Å²) in [7, 11) is -7.03. The number of aromatic nitrogens is 1. The summed E-state index contributed by atoms with van der Waals surface area (Å²) in [6.07, 6.45) is 0.785. The molecule has 0 aliphatic heterocycles. The van der Waals surface area contributed by atoms with Crippen molar-refractivity contribution < 1.29 is 30.9 Å². The van der Waals surface area contributed by atoms with E-state index in [9.17, 15) is 26.2 Å². The van der Waals surface area contributed by atoms with Gasteiger partial charge < -0.3 is 10.5 Å². The Hall–Kier alpha value is -2.84. The number of ether oxygens (including phenoxy) is 1. The van der Waals surface area contributed by atoms with E-state index in [0.717, 1.165) is 11.1 Å². The average molecular weight is 540 g/mol. The van der Waals surface area contributed by atoms with Crippen LogP contribution in [0.5, 0.6) is 0 Å². The van der Waals surface area contributed by atoms with Gasteiger partial charge in [-0.2, -0.15) is 8.42 Å². The monoisotopic (exact) mass is 539 g/mol. The number of nitrogens with zero attached hydrogens (tertiary/aromatic N) is 1. The number of sulfonamides is 1. The maximum atomic E-state index is 13.0. The zero-order valence-corrected chi connectivity index (χ0v) is 21.4. The Morgan fingerprint density at radius 2 is 1.86 bits per heavy atom. The highest BCUT2D eigenvalue weighted by molar-refractivity contribution is 7.88. The summed E-state index contributed by atoms with van der Waals surface area (Å²) in [5.74, 6) is -0.863. The number of rotatable bonds is 10. The fraction of sp³-hybridized carbons (Fsp3) is 0.273. The van der Waals surface area contributed by atoms with Gasteiger partial charge in [-0.05, 0) is 48.2 Å². The lowest BCUT2D eigenvalue weighted by molar-refractivity contribution is 0.0600. The number of esters is 1. The first kappa shape index (κ1) is 26.8. The number of aryl methyl sites for hydroxylation is 1. The SMILES string of the molecule is CCc1nc([C@H](Cc2ccc(S(=O)(=O)O)cc2N)NS(=O)(=O)Cc2ccc(C(=O)OC)cc2)cs1. The molecular formula is C22H25N3O7S3. The summed E-state index contributed by atoms with van der Waals surface area (Å²) < 4.78 is 65.4.